The zero-order valence-electron chi connectivity index (χ0n) is 9.36. The van der Waals surface area contributed by atoms with Crippen LogP contribution in [0.1, 0.15) is 19.8 Å². The maximum Gasteiger partial charge on any atom is 0.336 e. The molecule has 0 saturated carbocycles. The molecule has 0 radical (unpaired) electrons. The Balaban J connectivity index is 2.24. The van der Waals surface area contributed by atoms with Gasteiger partial charge in [0.05, 0.1) is 0 Å². The van der Waals surface area contributed by atoms with Gasteiger partial charge < -0.3 is 20.4 Å². The van der Waals surface area contributed by atoms with Gasteiger partial charge in [0.15, 0.2) is 5.60 Å². The van der Waals surface area contributed by atoms with E-state index in [0.717, 1.165) is 19.5 Å². The molecule has 0 aromatic rings. The molecule has 0 aromatic carbocycles. The zero-order chi connectivity index (χ0) is 11.5. The van der Waals surface area contributed by atoms with Crippen molar-refractivity contribution in [3.63, 3.8) is 0 Å². The number of carboxylic acid groups (broad SMARTS) is 1. The van der Waals surface area contributed by atoms with Gasteiger partial charge >= 0.3 is 5.97 Å². The van der Waals surface area contributed by atoms with E-state index in [-0.39, 0.29) is 6.54 Å². The summed E-state index contributed by atoms with van der Waals surface area (Å²) in [5.41, 5.74) is -1.67. The van der Waals surface area contributed by atoms with E-state index >= 15 is 0 Å². The second-order valence-electron chi connectivity index (χ2n) is 4.49. The van der Waals surface area contributed by atoms with Gasteiger partial charge in [0, 0.05) is 19.1 Å². The summed E-state index contributed by atoms with van der Waals surface area (Å²) in [5, 5.41) is 21.1. The molecule has 1 saturated heterocycles. The topological polar surface area (TPSA) is 72.8 Å². The Kier molecular flexibility index (Phi) is 4.07. The first-order valence-electron chi connectivity index (χ1n) is 5.30. The van der Waals surface area contributed by atoms with Crippen molar-refractivity contribution in [3.05, 3.63) is 0 Å². The average molecular weight is 216 g/mol. The lowest BCUT2D eigenvalue weighted by Gasteiger charge is -2.23. The standard InChI is InChI=1S/C10H20N2O3/c1-10(15,9(13)14)7-11-6-8-4-3-5-12(8)2/h8,11,15H,3-7H2,1-2H3,(H,13,14). The summed E-state index contributed by atoms with van der Waals surface area (Å²) in [5.74, 6) is -1.19. The number of nitrogens with one attached hydrogen (secondary N) is 1. The number of rotatable bonds is 5. The highest BCUT2D eigenvalue weighted by Crippen LogP contribution is 2.13. The quantitative estimate of drug-likeness (QED) is 0.578. The summed E-state index contributed by atoms with van der Waals surface area (Å²) in [6.45, 7) is 3.23. The van der Waals surface area contributed by atoms with Crippen LogP contribution < -0.4 is 5.32 Å². The van der Waals surface area contributed by atoms with Gasteiger partial charge in [-0.05, 0) is 33.4 Å². The molecular weight excluding hydrogens is 196 g/mol. The van der Waals surface area contributed by atoms with Crippen molar-refractivity contribution in [1.82, 2.24) is 10.2 Å². The van der Waals surface area contributed by atoms with Crippen molar-refractivity contribution < 1.29 is 15.0 Å². The Bertz CT molecular complexity index is 231. The normalized spacial score (nSPS) is 26.5. The smallest absolute Gasteiger partial charge is 0.336 e. The molecule has 15 heavy (non-hydrogen) atoms. The van der Waals surface area contributed by atoms with E-state index in [9.17, 15) is 9.90 Å². The number of likely N-dealkylation sites (tertiary alicyclic amines) is 1. The minimum absolute atomic E-state index is 0.0900. The summed E-state index contributed by atoms with van der Waals surface area (Å²) < 4.78 is 0. The second-order valence-corrected chi connectivity index (χ2v) is 4.49. The molecule has 0 aromatic heterocycles. The van der Waals surface area contributed by atoms with Gasteiger partial charge in [0.2, 0.25) is 0 Å². The van der Waals surface area contributed by atoms with Crippen LogP contribution in [0.2, 0.25) is 0 Å². The first kappa shape index (κ1) is 12.4. The number of carboxylic acids is 1. The molecule has 0 aliphatic carbocycles. The molecule has 1 heterocycles. The van der Waals surface area contributed by atoms with E-state index < -0.39 is 11.6 Å². The van der Waals surface area contributed by atoms with Crippen LogP contribution in [0, 0.1) is 0 Å². The maximum absolute atomic E-state index is 10.6. The number of aliphatic carboxylic acids is 1. The summed E-state index contributed by atoms with van der Waals surface area (Å²) in [6.07, 6.45) is 2.33. The van der Waals surface area contributed by atoms with Crippen molar-refractivity contribution in [2.24, 2.45) is 0 Å². The summed E-state index contributed by atoms with van der Waals surface area (Å²) in [6, 6.07) is 0.467. The maximum atomic E-state index is 10.6. The SMILES string of the molecule is CN1CCCC1CNCC(C)(O)C(=O)O. The third-order valence-corrected chi connectivity index (χ3v) is 2.98. The van der Waals surface area contributed by atoms with E-state index in [1.807, 2.05) is 0 Å². The lowest BCUT2D eigenvalue weighted by Crippen LogP contribution is -2.47. The third kappa shape index (κ3) is 3.44. The number of nitrogens with zero attached hydrogens (tertiary/aromatic N) is 1. The van der Waals surface area contributed by atoms with Crippen LogP contribution in [0.3, 0.4) is 0 Å². The minimum Gasteiger partial charge on any atom is -0.479 e. The Hall–Kier alpha value is -0.650. The molecule has 0 amide bonds. The van der Waals surface area contributed by atoms with E-state index in [0.29, 0.717) is 6.04 Å². The molecule has 1 aliphatic heterocycles. The predicted molar refractivity (Wildman–Crippen MR) is 56.8 cm³/mol. The molecule has 5 heteroatoms. The van der Waals surface area contributed by atoms with Crippen molar-refractivity contribution in [2.45, 2.75) is 31.4 Å². The Morgan fingerprint density at radius 2 is 2.33 bits per heavy atom. The molecule has 0 spiro atoms. The Morgan fingerprint density at radius 3 is 2.80 bits per heavy atom. The molecule has 0 bridgehead atoms. The molecule has 2 atom stereocenters. The van der Waals surface area contributed by atoms with Gasteiger partial charge in [-0.3, -0.25) is 0 Å². The summed E-state index contributed by atoms with van der Waals surface area (Å²) in [4.78, 5) is 12.9. The van der Waals surface area contributed by atoms with Crippen molar-refractivity contribution in [2.75, 3.05) is 26.7 Å². The van der Waals surface area contributed by atoms with Crippen LogP contribution in [0.4, 0.5) is 0 Å². The van der Waals surface area contributed by atoms with Crippen LogP contribution >= 0.6 is 0 Å². The predicted octanol–water partition coefficient (Wildman–Crippen LogP) is -0.494. The first-order chi connectivity index (χ1) is 6.93. The highest BCUT2D eigenvalue weighted by Gasteiger charge is 2.30. The monoisotopic (exact) mass is 216 g/mol. The minimum atomic E-state index is -1.67. The number of likely N-dealkylation sites (N-methyl/N-ethyl adjacent to an activating group) is 1. The lowest BCUT2D eigenvalue weighted by molar-refractivity contribution is -0.156. The molecule has 2 unspecified atom stereocenters. The first-order valence-corrected chi connectivity index (χ1v) is 5.30. The highest BCUT2D eigenvalue weighted by atomic mass is 16.4. The van der Waals surface area contributed by atoms with Crippen molar-refractivity contribution in [3.8, 4) is 0 Å². The fourth-order valence-electron chi connectivity index (χ4n) is 1.79. The van der Waals surface area contributed by atoms with Gasteiger partial charge in [-0.25, -0.2) is 4.79 Å². The molecule has 5 nitrogen and oxygen atoms in total. The molecule has 1 fully saturated rings. The average Bonchev–Trinajstić information content (AvgIpc) is 2.51. The van der Waals surface area contributed by atoms with Gasteiger partial charge in [-0.15, -0.1) is 0 Å². The zero-order valence-corrected chi connectivity index (χ0v) is 9.36. The van der Waals surface area contributed by atoms with Crippen LogP contribution in [-0.2, 0) is 4.79 Å². The lowest BCUT2D eigenvalue weighted by atomic mass is 10.1. The summed E-state index contributed by atoms with van der Waals surface area (Å²) >= 11 is 0. The number of hydrogen-bond acceptors (Lipinski definition) is 4. The Labute approximate surface area is 90.1 Å². The summed E-state index contributed by atoms with van der Waals surface area (Å²) in [7, 11) is 2.06. The van der Waals surface area contributed by atoms with E-state index in [1.165, 1.54) is 13.3 Å². The van der Waals surface area contributed by atoms with E-state index in [4.69, 9.17) is 5.11 Å². The van der Waals surface area contributed by atoms with Crippen LogP contribution in [0.5, 0.6) is 0 Å². The highest BCUT2D eigenvalue weighted by molar-refractivity contribution is 5.76. The second kappa shape index (κ2) is 4.92. The van der Waals surface area contributed by atoms with Gasteiger partial charge in [0.1, 0.15) is 0 Å². The molecule has 1 aliphatic rings. The number of aliphatic hydroxyl groups is 1. The van der Waals surface area contributed by atoms with E-state index in [2.05, 4.69) is 17.3 Å². The number of carbonyl (C=O) groups is 1. The fourth-order valence-corrected chi connectivity index (χ4v) is 1.79. The van der Waals surface area contributed by atoms with Crippen LogP contribution in [0.15, 0.2) is 0 Å². The molecule has 88 valence electrons. The largest absolute Gasteiger partial charge is 0.479 e. The number of hydrogen-bond donors (Lipinski definition) is 3. The van der Waals surface area contributed by atoms with Crippen molar-refractivity contribution in [1.29, 1.82) is 0 Å². The third-order valence-electron chi connectivity index (χ3n) is 2.98. The van der Waals surface area contributed by atoms with Gasteiger partial charge in [0.25, 0.3) is 0 Å². The van der Waals surface area contributed by atoms with Crippen molar-refractivity contribution >= 4 is 5.97 Å². The molecular formula is C10H20N2O3. The van der Waals surface area contributed by atoms with Crippen LogP contribution in [-0.4, -0.2) is 59.4 Å². The van der Waals surface area contributed by atoms with E-state index in [1.54, 1.807) is 0 Å². The van der Waals surface area contributed by atoms with Gasteiger partial charge in [-0.1, -0.05) is 0 Å². The van der Waals surface area contributed by atoms with Crippen LogP contribution in [0.25, 0.3) is 0 Å². The molecule has 1 rings (SSSR count). The molecule has 3 N–H and O–H groups in total. The van der Waals surface area contributed by atoms with Gasteiger partial charge in [-0.2, -0.15) is 0 Å². The Morgan fingerprint density at radius 1 is 1.67 bits per heavy atom. The fraction of sp³-hybridized carbons (Fsp3) is 0.900.